The Morgan fingerprint density at radius 2 is 2.00 bits per heavy atom. The van der Waals surface area contributed by atoms with Gasteiger partial charge < -0.3 is 15.8 Å². The number of fused-ring (bicyclic) bond motifs is 1. The summed E-state index contributed by atoms with van der Waals surface area (Å²) in [6.07, 6.45) is 5.27. The van der Waals surface area contributed by atoms with Crippen molar-refractivity contribution in [3.8, 4) is 11.1 Å². The number of aryl methyl sites for hydroxylation is 1. The predicted molar refractivity (Wildman–Crippen MR) is 127 cm³/mol. The van der Waals surface area contributed by atoms with Crippen LogP contribution in [0, 0.1) is 6.92 Å². The van der Waals surface area contributed by atoms with E-state index in [1.807, 2.05) is 37.5 Å². The maximum atomic E-state index is 12.9. The van der Waals surface area contributed by atoms with E-state index in [4.69, 9.17) is 10.5 Å². The molecule has 0 atom stereocenters. The number of hydrogen-bond donors (Lipinski definition) is 3. The van der Waals surface area contributed by atoms with Crippen molar-refractivity contribution in [2.45, 2.75) is 13.5 Å². The van der Waals surface area contributed by atoms with Gasteiger partial charge in [-0.25, -0.2) is 4.98 Å². The molecule has 0 saturated carbocycles. The van der Waals surface area contributed by atoms with Crippen molar-refractivity contribution in [2.75, 3.05) is 37.4 Å². The molecule has 168 valence electrons. The fourth-order valence-corrected chi connectivity index (χ4v) is 3.96. The Labute approximate surface area is 191 Å². The van der Waals surface area contributed by atoms with Crippen LogP contribution in [0.2, 0.25) is 0 Å². The zero-order valence-corrected chi connectivity index (χ0v) is 18.3. The van der Waals surface area contributed by atoms with E-state index in [1.165, 1.54) is 6.20 Å². The highest BCUT2D eigenvalue weighted by Crippen LogP contribution is 2.26. The summed E-state index contributed by atoms with van der Waals surface area (Å²) in [5.41, 5.74) is 11.3. The monoisotopic (exact) mass is 443 g/mol. The first-order valence-electron chi connectivity index (χ1n) is 10.8. The zero-order valence-electron chi connectivity index (χ0n) is 18.3. The number of nitrogen functional groups attached to an aromatic ring is 1. The van der Waals surface area contributed by atoms with Gasteiger partial charge in [-0.2, -0.15) is 5.10 Å². The van der Waals surface area contributed by atoms with E-state index in [1.54, 1.807) is 6.07 Å². The van der Waals surface area contributed by atoms with Crippen LogP contribution in [0.1, 0.15) is 21.6 Å². The summed E-state index contributed by atoms with van der Waals surface area (Å²) in [6, 6.07) is 9.83. The van der Waals surface area contributed by atoms with Crippen molar-refractivity contribution in [3.63, 3.8) is 0 Å². The van der Waals surface area contributed by atoms with E-state index in [0.29, 0.717) is 17.2 Å². The third-order valence-electron chi connectivity index (χ3n) is 5.79. The lowest BCUT2D eigenvalue weighted by Crippen LogP contribution is -2.35. The van der Waals surface area contributed by atoms with E-state index in [2.05, 4.69) is 36.4 Å². The Hall–Kier alpha value is -3.82. The van der Waals surface area contributed by atoms with Gasteiger partial charge in [-0.15, -0.1) is 0 Å². The SMILES string of the molecule is Cc1cc(NC(=O)c2n[nH]c3ccc(-c4cncc(CN5CCOCC5)c4)cc23)cnc1N. The number of morpholine rings is 1. The molecule has 9 heteroatoms. The lowest BCUT2D eigenvalue weighted by atomic mass is 10.0. The van der Waals surface area contributed by atoms with E-state index >= 15 is 0 Å². The molecule has 9 nitrogen and oxygen atoms in total. The molecule has 0 bridgehead atoms. The number of pyridine rings is 2. The molecule has 1 amide bonds. The summed E-state index contributed by atoms with van der Waals surface area (Å²) >= 11 is 0. The average molecular weight is 444 g/mol. The summed E-state index contributed by atoms with van der Waals surface area (Å²) < 4.78 is 5.43. The van der Waals surface area contributed by atoms with Gasteiger partial charge in [-0.1, -0.05) is 6.07 Å². The Balaban J connectivity index is 1.40. The van der Waals surface area contributed by atoms with Crippen molar-refractivity contribution < 1.29 is 9.53 Å². The lowest BCUT2D eigenvalue weighted by molar-refractivity contribution is 0.0341. The molecule has 1 fully saturated rings. The molecule has 0 unspecified atom stereocenters. The molecule has 0 spiro atoms. The Bertz CT molecular complexity index is 1310. The van der Waals surface area contributed by atoms with Crippen LogP contribution in [0.5, 0.6) is 0 Å². The quantitative estimate of drug-likeness (QED) is 0.433. The van der Waals surface area contributed by atoms with Crippen molar-refractivity contribution in [2.24, 2.45) is 0 Å². The number of aromatic nitrogens is 4. The normalized spacial score (nSPS) is 14.5. The number of ether oxygens (including phenoxy) is 1. The van der Waals surface area contributed by atoms with Gasteiger partial charge in [-0.3, -0.25) is 19.8 Å². The number of carbonyl (C=O) groups excluding carboxylic acids is 1. The molecule has 1 aromatic carbocycles. The smallest absolute Gasteiger partial charge is 0.276 e. The van der Waals surface area contributed by atoms with E-state index < -0.39 is 0 Å². The molecule has 1 saturated heterocycles. The van der Waals surface area contributed by atoms with Crippen molar-refractivity contribution in [1.29, 1.82) is 0 Å². The number of nitrogens with zero attached hydrogens (tertiary/aromatic N) is 4. The number of anilines is 2. The Kier molecular flexibility index (Phi) is 5.72. The summed E-state index contributed by atoms with van der Waals surface area (Å²) in [6.45, 7) is 6.05. The first-order valence-corrected chi connectivity index (χ1v) is 10.8. The van der Waals surface area contributed by atoms with E-state index in [9.17, 15) is 4.79 Å². The number of amides is 1. The topological polar surface area (TPSA) is 122 Å². The maximum absolute atomic E-state index is 12.9. The number of carbonyl (C=O) groups is 1. The molecular formula is C24H25N7O2. The third kappa shape index (κ3) is 4.55. The zero-order chi connectivity index (χ0) is 22.8. The van der Waals surface area contributed by atoms with E-state index in [0.717, 1.165) is 66.0 Å². The molecule has 4 N–H and O–H groups in total. The first-order chi connectivity index (χ1) is 16.1. The molecule has 33 heavy (non-hydrogen) atoms. The van der Waals surface area contributed by atoms with Gasteiger partial charge in [0.05, 0.1) is 30.6 Å². The molecule has 5 rings (SSSR count). The van der Waals surface area contributed by atoms with Crippen LogP contribution in [0.3, 0.4) is 0 Å². The number of hydrogen-bond acceptors (Lipinski definition) is 7. The fourth-order valence-electron chi connectivity index (χ4n) is 3.96. The number of benzene rings is 1. The highest BCUT2D eigenvalue weighted by atomic mass is 16.5. The van der Waals surface area contributed by atoms with Gasteiger partial charge in [0.25, 0.3) is 5.91 Å². The second-order valence-corrected chi connectivity index (χ2v) is 8.18. The summed E-state index contributed by atoms with van der Waals surface area (Å²) in [5.74, 6) is 0.121. The standard InChI is InChI=1S/C24H25N7O2/c1-15-8-19(13-27-23(15)25)28-24(32)22-20-10-17(2-3-21(20)29-30-22)18-9-16(11-26-12-18)14-31-4-6-33-7-5-31/h2-3,8-13H,4-7,14H2,1H3,(H2,25,27)(H,28,32)(H,29,30). The fraction of sp³-hybridized carbons (Fsp3) is 0.250. The second kappa shape index (κ2) is 8.97. The van der Waals surface area contributed by atoms with Crippen molar-refractivity contribution >= 4 is 28.3 Å². The number of nitrogens with one attached hydrogen (secondary N) is 2. The first kappa shape index (κ1) is 21.0. The molecule has 1 aliphatic heterocycles. The molecule has 4 heterocycles. The summed E-state index contributed by atoms with van der Waals surface area (Å²) in [7, 11) is 0. The van der Waals surface area contributed by atoms with Crippen LogP contribution in [0.4, 0.5) is 11.5 Å². The summed E-state index contributed by atoms with van der Waals surface area (Å²) in [4.78, 5) is 23.8. The molecule has 0 radical (unpaired) electrons. The highest BCUT2D eigenvalue weighted by Gasteiger charge is 2.16. The minimum atomic E-state index is -0.316. The molecule has 0 aliphatic carbocycles. The Morgan fingerprint density at radius 1 is 1.15 bits per heavy atom. The summed E-state index contributed by atoms with van der Waals surface area (Å²) in [5, 5.41) is 10.8. The van der Waals surface area contributed by atoms with Crippen LogP contribution in [0.25, 0.3) is 22.0 Å². The van der Waals surface area contributed by atoms with Crippen LogP contribution < -0.4 is 11.1 Å². The van der Waals surface area contributed by atoms with Gasteiger partial charge in [-0.05, 0) is 47.9 Å². The number of rotatable bonds is 5. The molecular weight excluding hydrogens is 418 g/mol. The number of H-pyrrole nitrogens is 1. The largest absolute Gasteiger partial charge is 0.383 e. The van der Waals surface area contributed by atoms with Crippen LogP contribution in [-0.2, 0) is 11.3 Å². The molecule has 4 aromatic rings. The lowest BCUT2D eigenvalue weighted by Gasteiger charge is -2.26. The van der Waals surface area contributed by atoms with Crippen LogP contribution in [0.15, 0.2) is 48.9 Å². The second-order valence-electron chi connectivity index (χ2n) is 8.18. The number of nitrogens with two attached hydrogens (primary N) is 1. The molecule has 1 aliphatic rings. The minimum Gasteiger partial charge on any atom is -0.383 e. The van der Waals surface area contributed by atoms with Gasteiger partial charge in [0, 0.05) is 43.0 Å². The molecule has 3 aromatic heterocycles. The van der Waals surface area contributed by atoms with Crippen LogP contribution >= 0.6 is 0 Å². The minimum absolute atomic E-state index is 0.316. The average Bonchev–Trinajstić information content (AvgIpc) is 3.26. The van der Waals surface area contributed by atoms with E-state index in [-0.39, 0.29) is 5.91 Å². The predicted octanol–water partition coefficient (Wildman–Crippen LogP) is 3.00. The highest BCUT2D eigenvalue weighted by molar-refractivity contribution is 6.11. The van der Waals surface area contributed by atoms with Gasteiger partial charge >= 0.3 is 0 Å². The van der Waals surface area contributed by atoms with Gasteiger partial charge in [0.2, 0.25) is 0 Å². The third-order valence-corrected chi connectivity index (χ3v) is 5.79. The maximum Gasteiger partial charge on any atom is 0.276 e. The van der Waals surface area contributed by atoms with Crippen LogP contribution in [-0.4, -0.2) is 57.3 Å². The van der Waals surface area contributed by atoms with Crippen molar-refractivity contribution in [3.05, 3.63) is 65.7 Å². The van der Waals surface area contributed by atoms with Gasteiger partial charge in [0.15, 0.2) is 5.69 Å². The Morgan fingerprint density at radius 3 is 2.82 bits per heavy atom. The van der Waals surface area contributed by atoms with Gasteiger partial charge in [0.1, 0.15) is 5.82 Å². The van der Waals surface area contributed by atoms with Crippen molar-refractivity contribution in [1.82, 2.24) is 25.1 Å². The number of aromatic amines is 1.